The minimum Gasteiger partial charge on any atom is -0.497 e. The van der Waals surface area contributed by atoms with Gasteiger partial charge in [-0.1, -0.05) is 60.6 Å². The minimum atomic E-state index is -1.87. The molecule has 0 N–H and O–H groups in total. The van der Waals surface area contributed by atoms with Crippen molar-refractivity contribution in [2.45, 2.75) is 85.1 Å². The molecule has 1 fully saturated rings. The Bertz CT molecular complexity index is 635. The van der Waals surface area contributed by atoms with Crippen molar-refractivity contribution in [1.82, 2.24) is 0 Å². The molecule has 5 heteroatoms. The fraction of sp³-hybridized carbons (Fsp3) is 0.750. The lowest BCUT2D eigenvalue weighted by Crippen LogP contribution is -2.51. The zero-order valence-corrected chi connectivity index (χ0v) is 21.1. The van der Waals surface area contributed by atoms with Crippen LogP contribution in [0.15, 0.2) is 24.3 Å². The van der Waals surface area contributed by atoms with E-state index in [-0.39, 0.29) is 29.5 Å². The average Bonchev–Trinajstić information content (AvgIpc) is 2.65. The van der Waals surface area contributed by atoms with Crippen LogP contribution in [0.1, 0.15) is 60.3 Å². The van der Waals surface area contributed by atoms with Crippen LogP contribution in [0.4, 0.5) is 0 Å². The predicted molar refractivity (Wildman–Crippen MR) is 122 cm³/mol. The topological polar surface area (TPSA) is 36.9 Å². The van der Waals surface area contributed by atoms with Crippen LogP contribution in [0.3, 0.4) is 0 Å². The molecule has 1 aromatic rings. The Morgan fingerprint density at radius 2 is 1.66 bits per heavy atom. The summed E-state index contributed by atoms with van der Waals surface area (Å²) >= 11 is 0. The average molecular weight is 423 g/mol. The van der Waals surface area contributed by atoms with Crippen LogP contribution in [0.25, 0.3) is 0 Å². The summed E-state index contributed by atoms with van der Waals surface area (Å²) in [5.41, 5.74) is 1.03. The maximum Gasteiger partial charge on any atom is 0.192 e. The largest absolute Gasteiger partial charge is 0.497 e. The van der Waals surface area contributed by atoms with E-state index in [0.717, 1.165) is 11.3 Å². The highest BCUT2D eigenvalue weighted by molar-refractivity contribution is 6.74. The van der Waals surface area contributed by atoms with Gasteiger partial charge in [0.15, 0.2) is 14.6 Å². The van der Waals surface area contributed by atoms with Gasteiger partial charge in [-0.15, -0.1) is 0 Å². The predicted octanol–water partition coefficient (Wildman–Crippen LogP) is 6.43. The summed E-state index contributed by atoms with van der Waals surface area (Å²) in [7, 11) is -0.194. The molecule has 0 aliphatic carbocycles. The fourth-order valence-electron chi connectivity index (χ4n) is 3.78. The van der Waals surface area contributed by atoms with E-state index in [2.05, 4.69) is 61.6 Å². The van der Waals surface area contributed by atoms with Crippen LogP contribution in [0, 0.1) is 17.8 Å². The number of benzene rings is 1. The molecule has 0 saturated carbocycles. The molecule has 0 unspecified atom stereocenters. The van der Waals surface area contributed by atoms with Crippen LogP contribution >= 0.6 is 0 Å². The Morgan fingerprint density at radius 3 is 2.14 bits per heavy atom. The Balaban J connectivity index is 2.19. The molecule has 4 nitrogen and oxygen atoms in total. The molecule has 2 rings (SSSR count). The van der Waals surface area contributed by atoms with Crippen LogP contribution in [0.2, 0.25) is 18.1 Å². The van der Waals surface area contributed by atoms with E-state index >= 15 is 0 Å². The van der Waals surface area contributed by atoms with Crippen LogP contribution < -0.4 is 4.74 Å². The van der Waals surface area contributed by atoms with Gasteiger partial charge in [0.05, 0.1) is 25.9 Å². The lowest BCUT2D eigenvalue weighted by molar-refractivity contribution is -0.256. The highest BCUT2D eigenvalue weighted by Crippen LogP contribution is 2.41. The highest BCUT2D eigenvalue weighted by atomic mass is 28.4. The van der Waals surface area contributed by atoms with Crippen molar-refractivity contribution < 1.29 is 18.6 Å². The quantitative estimate of drug-likeness (QED) is 0.475. The molecule has 0 spiro atoms. The Hall–Kier alpha value is -0.883. The van der Waals surface area contributed by atoms with Gasteiger partial charge in [-0.05, 0) is 36.2 Å². The molecule has 166 valence electrons. The molecule has 1 aliphatic rings. The van der Waals surface area contributed by atoms with Crippen LogP contribution in [0.5, 0.6) is 5.75 Å². The van der Waals surface area contributed by atoms with Crippen molar-refractivity contribution in [1.29, 1.82) is 0 Å². The summed E-state index contributed by atoms with van der Waals surface area (Å²) in [6.45, 7) is 21.3. The lowest BCUT2D eigenvalue weighted by atomic mass is 9.84. The second-order valence-electron chi connectivity index (χ2n) is 10.5. The van der Waals surface area contributed by atoms with E-state index in [9.17, 15) is 0 Å². The summed E-state index contributed by atoms with van der Waals surface area (Å²) in [5.74, 6) is 1.87. The van der Waals surface area contributed by atoms with Gasteiger partial charge < -0.3 is 18.6 Å². The van der Waals surface area contributed by atoms with Gasteiger partial charge in [-0.2, -0.15) is 0 Å². The molecule has 0 amide bonds. The van der Waals surface area contributed by atoms with Crippen molar-refractivity contribution in [3.8, 4) is 5.75 Å². The van der Waals surface area contributed by atoms with Crippen LogP contribution in [-0.2, 0) is 13.9 Å². The number of ether oxygens (including phenoxy) is 3. The first kappa shape index (κ1) is 24.4. The second kappa shape index (κ2) is 9.50. The monoisotopic (exact) mass is 422 g/mol. The molecule has 29 heavy (non-hydrogen) atoms. The standard InChI is InChI=1S/C24H42O4Si/c1-16(2)21(28-29(9,10)24(5,6)7)18(4)22-17(3)15-26-23(27-22)19-11-13-20(25-8)14-12-19/h11-14,16-18,21-23H,15H2,1-10H3/t17-,18+,21-,22-,23-/m1/s1. The van der Waals surface area contributed by atoms with E-state index in [1.807, 2.05) is 24.3 Å². The number of rotatable bonds is 7. The van der Waals surface area contributed by atoms with Gasteiger partial charge in [0, 0.05) is 17.4 Å². The van der Waals surface area contributed by atoms with Gasteiger partial charge in [0.25, 0.3) is 0 Å². The minimum absolute atomic E-state index is 0.0908. The zero-order valence-electron chi connectivity index (χ0n) is 20.1. The van der Waals surface area contributed by atoms with Gasteiger partial charge >= 0.3 is 0 Å². The molecule has 1 aliphatic heterocycles. The molecule has 1 aromatic carbocycles. The first-order chi connectivity index (χ1) is 13.4. The molecule has 5 atom stereocenters. The first-order valence-corrected chi connectivity index (χ1v) is 13.9. The fourth-order valence-corrected chi connectivity index (χ4v) is 5.30. The summed E-state index contributed by atoms with van der Waals surface area (Å²) in [6.07, 6.45) is -0.0868. The van der Waals surface area contributed by atoms with Crippen molar-refractivity contribution in [3.05, 3.63) is 29.8 Å². The summed E-state index contributed by atoms with van der Waals surface area (Å²) in [4.78, 5) is 0. The maximum absolute atomic E-state index is 6.90. The third kappa shape index (κ3) is 5.84. The third-order valence-corrected chi connectivity index (χ3v) is 11.1. The molecule has 0 bridgehead atoms. The lowest BCUT2D eigenvalue weighted by Gasteiger charge is -2.46. The summed E-state index contributed by atoms with van der Waals surface area (Å²) in [5, 5.41) is 0.188. The van der Waals surface area contributed by atoms with Crippen LogP contribution in [-0.4, -0.2) is 34.2 Å². The van der Waals surface area contributed by atoms with E-state index in [4.69, 9.17) is 18.6 Å². The Morgan fingerprint density at radius 1 is 1.07 bits per heavy atom. The molecular weight excluding hydrogens is 380 g/mol. The number of methoxy groups -OCH3 is 1. The second-order valence-corrected chi connectivity index (χ2v) is 15.2. The zero-order chi connectivity index (χ0) is 22.0. The molecule has 1 heterocycles. The van der Waals surface area contributed by atoms with E-state index in [0.29, 0.717) is 18.4 Å². The van der Waals surface area contributed by atoms with Crippen molar-refractivity contribution in [3.63, 3.8) is 0 Å². The van der Waals surface area contributed by atoms with E-state index in [1.165, 1.54) is 0 Å². The normalized spacial score (nSPS) is 25.7. The SMILES string of the molecule is COc1ccc([C@@H]2OC[C@@H](C)[C@H]([C@@H](C)[C@H](O[Si](C)(C)C(C)(C)C)C(C)C)O2)cc1. The summed E-state index contributed by atoms with van der Waals surface area (Å²) in [6, 6.07) is 7.95. The third-order valence-electron chi connectivity index (χ3n) is 6.67. The van der Waals surface area contributed by atoms with E-state index in [1.54, 1.807) is 7.11 Å². The van der Waals surface area contributed by atoms with Gasteiger partial charge in [0.2, 0.25) is 0 Å². The Kier molecular flexibility index (Phi) is 7.99. The molecule has 1 saturated heterocycles. The molecule has 0 aromatic heterocycles. The molecular formula is C24H42O4Si. The molecule has 0 radical (unpaired) electrons. The van der Waals surface area contributed by atoms with Crippen molar-refractivity contribution >= 4 is 8.32 Å². The Labute approximate surface area is 179 Å². The summed E-state index contributed by atoms with van der Waals surface area (Å²) < 4.78 is 24.7. The maximum atomic E-state index is 6.90. The number of hydrogen-bond donors (Lipinski definition) is 0. The van der Waals surface area contributed by atoms with Crippen molar-refractivity contribution in [2.75, 3.05) is 13.7 Å². The highest BCUT2D eigenvalue weighted by Gasteiger charge is 2.44. The first-order valence-electron chi connectivity index (χ1n) is 11.0. The number of hydrogen-bond acceptors (Lipinski definition) is 4. The van der Waals surface area contributed by atoms with Crippen molar-refractivity contribution in [2.24, 2.45) is 17.8 Å². The van der Waals surface area contributed by atoms with E-state index < -0.39 is 8.32 Å². The van der Waals surface area contributed by atoms with Gasteiger partial charge in [-0.25, -0.2) is 0 Å². The van der Waals surface area contributed by atoms with Gasteiger partial charge in [-0.3, -0.25) is 0 Å². The smallest absolute Gasteiger partial charge is 0.192 e. The van der Waals surface area contributed by atoms with Gasteiger partial charge in [0.1, 0.15) is 5.75 Å².